The fourth-order valence-corrected chi connectivity index (χ4v) is 5.37. The van der Waals surface area contributed by atoms with Crippen molar-refractivity contribution in [3.8, 4) is 0 Å². The van der Waals surface area contributed by atoms with Gasteiger partial charge in [0.25, 0.3) is 5.91 Å². The van der Waals surface area contributed by atoms with E-state index in [2.05, 4.69) is 5.32 Å². The predicted molar refractivity (Wildman–Crippen MR) is 102 cm³/mol. The van der Waals surface area contributed by atoms with E-state index in [9.17, 15) is 13.2 Å². The van der Waals surface area contributed by atoms with Crippen molar-refractivity contribution in [2.45, 2.75) is 43.4 Å². The molecular formula is C18H27ClN3O3S+. The van der Waals surface area contributed by atoms with Gasteiger partial charge in [0.2, 0.25) is 10.0 Å². The SMILES string of the molecule is O=C(C[NH+]1CCCC1)Nc1cc(S(=O)(=O)N2CCCCCC2)ccc1Cl. The lowest BCUT2D eigenvalue weighted by atomic mass is 10.2. The highest BCUT2D eigenvalue weighted by molar-refractivity contribution is 7.89. The standard InChI is InChI=1S/C18H26ClN3O3S/c19-16-8-7-15(26(24,25)22-11-3-1-2-4-12-22)13-17(16)20-18(23)14-21-9-5-6-10-21/h7-8,13H,1-6,9-12,14H2,(H,20,23)/p+1. The van der Waals surface area contributed by atoms with Crippen LogP contribution in [0.1, 0.15) is 38.5 Å². The van der Waals surface area contributed by atoms with Gasteiger partial charge in [0, 0.05) is 25.9 Å². The van der Waals surface area contributed by atoms with Crippen molar-refractivity contribution in [2.24, 2.45) is 0 Å². The number of nitrogens with zero attached hydrogens (tertiary/aromatic N) is 1. The lowest BCUT2D eigenvalue weighted by Crippen LogP contribution is -3.11. The van der Waals surface area contributed by atoms with Crippen LogP contribution in [0, 0.1) is 0 Å². The zero-order chi connectivity index (χ0) is 18.6. The van der Waals surface area contributed by atoms with E-state index in [1.165, 1.54) is 17.0 Å². The number of anilines is 1. The predicted octanol–water partition coefficient (Wildman–Crippen LogP) is 1.52. The lowest BCUT2D eigenvalue weighted by Gasteiger charge is -2.20. The zero-order valence-corrected chi connectivity index (χ0v) is 16.5. The molecular weight excluding hydrogens is 374 g/mol. The summed E-state index contributed by atoms with van der Waals surface area (Å²) in [6.07, 6.45) is 6.18. The third kappa shape index (κ3) is 4.76. The third-order valence-electron chi connectivity index (χ3n) is 5.14. The molecule has 2 saturated heterocycles. The molecule has 0 bridgehead atoms. The fourth-order valence-electron chi connectivity index (χ4n) is 3.66. The van der Waals surface area contributed by atoms with Crippen molar-refractivity contribution in [1.29, 1.82) is 0 Å². The molecule has 6 nitrogen and oxygen atoms in total. The number of likely N-dealkylation sites (tertiary alicyclic amines) is 1. The molecule has 144 valence electrons. The average molecular weight is 401 g/mol. The highest BCUT2D eigenvalue weighted by atomic mass is 35.5. The Balaban J connectivity index is 1.74. The second-order valence-corrected chi connectivity index (χ2v) is 9.49. The van der Waals surface area contributed by atoms with Crippen LogP contribution in [0.15, 0.2) is 23.1 Å². The van der Waals surface area contributed by atoms with Crippen LogP contribution >= 0.6 is 11.6 Å². The summed E-state index contributed by atoms with van der Waals surface area (Å²) in [5.74, 6) is -0.131. The quantitative estimate of drug-likeness (QED) is 0.787. The Morgan fingerprint density at radius 3 is 2.38 bits per heavy atom. The van der Waals surface area contributed by atoms with Gasteiger partial charge >= 0.3 is 0 Å². The molecule has 26 heavy (non-hydrogen) atoms. The highest BCUT2D eigenvalue weighted by Crippen LogP contribution is 2.28. The zero-order valence-electron chi connectivity index (χ0n) is 15.0. The Morgan fingerprint density at radius 2 is 1.73 bits per heavy atom. The van der Waals surface area contributed by atoms with Gasteiger partial charge in [0.1, 0.15) is 0 Å². The summed E-state index contributed by atoms with van der Waals surface area (Å²) in [5.41, 5.74) is 0.367. The first-order valence-corrected chi connectivity index (χ1v) is 11.2. The first-order valence-electron chi connectivity index (χ1n) is 9.40. The van der Waals surface area contributed by atoms with Gasteiger partial charge in [-0.1, -0.05) is 24.4 Å². The molecule has 0 radical (unpaired) electrons. The second-order valence-electron chi connectivity index (χ2n) is 7.14. The first-order chi connectivity index (χ1) is 12.5. The maximum Gasteiger partial charge on any atom is 0.279 e. The van der Waals surface area contributed by atoms with Crippen molar-refractivity contribution in [3.05, 3.63) is 23.2 Å². The molecule has 0 spiro atoms. The maximum atomic E-state index is 12.9. The number of quaternary nitrogens is 1. The molecule has 2 heterocycles. The number of benzene rings is 1. The number of hydrogen-bond acceptors (Lipinski definition) is 3. The third-order valence-corrected chi connectivity index (χ3v) is 7.36. The van der Waals surface area contributed by atoms with Crippen LogP contribution in [0.3, 0.4) is 0 Å². The van der Waals surface area contributed by atoms with Gasteiger partial charge in [-0.3, -0.25) is 4.79 Å². The number of nitrogens with one attached hydrogen (secondary N) is 2. The molecule has 2 aliphatic rings. The Hall–Kier alpha value is -1.15. The molecule has 2 fully saturated rings. The summed E-state index contributed by atoms with van der Waals surface area (Å²) in [6.45, 7) is 3.49. The molecule has 3 rings (SSSR count). The monoisotopic (exact) mass is 400 g/mol. The summed E-state index contributed by atoms with van der Waals surface area (Å²) in [7, 11) is -3.56. The van der Waals surface area contributed by atoms with Gasteiger partial charge in [0.15, 0.2) is 6.54 Å². The Bertz CT molecular complexity index is 740. The number of halogens is 1. The number of carbonyl (C=O) groups is 1. The second kappa shape index (κ2) is 8.69. The summed E-state index contributed by atoms with van der Waals surface area (Å²) < 4.78 is 27.4. The normalized spacial score (nSPS) is 20.0. The smallest absolute Gasteiger partial charge is 0.279 e. The minimum absolute atomic E-state index is 0.131. The maximum absolute atomic E-state index is 12.9. The number of hydrogen-bond donors (Lipinski definition) is 2. The van der Waals surface area contributed by atoms with E-state index in [1.54, 1.807) is 10.4 Å². The summed E-state index contributed by atoms with van der Waals surface area (Å²) in [5, 5.41) is 3.14. The van der Waals surface area contributed by atoms with E-state index in [4.69, 9.17) is 11.6 Å². The topological polar surface area (TPSA) is 70.9 Å². The number of amides is 1. The average Bonchev–Trinajstić information content (AvgIpc) is 2.95. The molecule has 0 saturated carbocycles. The van der Waals surface area contributed by atoms with Crippen LogP contribution in [0.5, 0.6) is 0 Å². The van der Waals surface area contributed by atoms with E-state index in [0.29, 0.717) is 30.3 Å². The molecule has 0 aromatic heterocycles. The highest BCUT2D eigenvalue weighted by Gasteiger charge is 2.26. The minimum atomic E-state index is -3.56. The Labute approximate surface area is 160 Å². The van der Waals surface area contributed by atoms with Crippen molar-refractivity contribution in [1.82, 2.24) is 4.31 Å². The van der Waals surface area contributed by atoms with E-state index in [1.807, 2.05) is 0 Å². The van der Waals surface area contributed by atoms with Gasteiger partial charge in [-0.25, -0.2) is 8.42 Å². The molecule has 1 aromatic rings. The van der Waals surface area contributed by atoms with E-state index in [-0.39, 0.29) is 10.8 Å². The molecule has 0 atom stereocenters. The van der Waals surface area contributed by atoms with E-state index >= 15 is 0 Å². The van der Waals surface area contributed by atoms with Crippen LogP contribution in [0.4, 0.5) is 5.69 Å². The van der Waals surface area contributed by atoms with Gasteiger partial charge in [-0.05, 0) is 31.0 Å². The number of rotatable bonds is 5. The van der Waals surface area contributed by atoms with Crippen molar-refractivity contribution in [3.63, 3.8) is 0 Å². The minimum Gasteiger partial charge on any atom is -0.327 e. The summed E-state index contributed by atoms with van der Waals surface area (Å²) in [4.78, 5) is 13.7. The summed E-state index contributed by atoms with van der Waals surface area (Å²) in [6, 6.07) is 4.55. The van der Waals surface area contributed by atoms with E-state index < -0.39 is 10.0 Å². The fraction of sp³-hybridized carbons (Fsp3) is 0.611. The molecule has 2 aliphatic heterocycles. The Kier molecular flexibility index (Phi) is 6.55. The molecule has 1 amide bonds. The van der Waals surface area contributed by atoms with E-state index in [0.717, 1.165) is 51.6 Å². The van der Waals surface area contributed by atoms with Crippen LogP contribution in [-0.4, -0.2) is 51.4 Å². The van der Waals surface area contributed by atoms with Crippen molar-refractivity contribution < 1.29 is 18.1 Å². The Morgan fingerprint density at radius 1 is 1.08 bits per heavy atom. The van der Waals surface area contributed by atoms with Crippen LogP contribution in [0.2, 0.25) is 5.02 Å². The molecule has 0 aliphatic carbocycles. The van der Waals surface area contributed by atoms with Gasteiger partial charge in [-0.15, -0.1) is 0 Å². The molecule has 8 heteroatoms. The van der Waals surface area contributed by atoms with Crippen molar-refractivity contribution in [2.75, 3.05) is 38.0 Å². The van der Waals surface area contributed by atoms with Crippen LogP contribution in [-0.2, 0) is 14.8 Å². The van der Waals surface area contributed by atoms with Gasteiger partial charge in [0.05, 0.1) is 28.7 Å². The molecule has 2 N–H and O–H groups in total. The van der Waals surface area contributed by atoms with Gasteiger partial charge in [-0.2, -0.15) is 4.31 Å². The lowest BCUT2D eigenvalue weighted by molar-refractivity contribution is -0.878. The first kappa shape index (κ1) is 19.6. The number of sulfonamides is 1. The van der Waals surface area contributed by atoms with Crippen LogP contribution in [0.25, 0.3) is 0 Å². The van der Waals surface area contributed by atoms with Crippen molar-refractivity contribution >= 4 is 33.2 Å². The number of carbonyl (C=O) groups excluding carboxylic acids is 1. The summed E-state index contributed by atoms with van der Waals surface area (Å²) >= 11 is 6.19. The van der Waals surface area contributed by atoms with Gasteiger partial charge < -0.3 is 10.2 Å². The van der Waals surface area contributed by atoms with Crippen LogP contribution < -0.4 is 10.2 Å². The molecule has 0 unspecified atom stereocenters. The molecule has 1 aromatic carbocycles. The largest absolute Gasteiger partial charge is 0.327 e.